The topological polar surface area (TPSA) is 74.4 Å². The number of nitrogens with zero attached hydrogens (tertiary/aromatic N) is 2. The van der Waals surface area contributed by atoms with Crippen LogP contribution in [0.25, 0.3) is 0 Å². The van der Waals surface area contributed by atoms with E-state index in [0.717, 1.165) is 5.56 Å². The SMILES string of the molecule is COc1cc(Cn2ccc(=O)cc2)cc([N+](=O)[O-])c1. The fraction of sp³-hybridized carbons (Fsp3) is 0.154. The number of pyridine rings is 1. The van der Waals surface area contributed by atoms with Crippen molar-refractivity contribution in [2.24, 2.45) is 0 Å². The number of ether oxygens (including phenoxy) is 1. The number of benzene rings is 1. The van der Waals surface area contributed by atoms with Gasteiger partial charge in [0.05, 0.1) is 18.1 Å². The van der Waals surface area contributed by atoms with E-state index in [9.17, 15) is 14.9 Å². The summed E-state index contributed by atoms with van der Waals surface area (Å²) in [5.74, 6) is 0.435. The van der Waals surface area contributed by atoms with E-state index in [1.165, 1.54) is 31.4 Å². The Balaban J connectivity index is 2.33. The molecule has 0 amide bonds. The van der Waals surface area contributed by atoms with Gasteiger partial charge in [-0.05, 0) is 11.6 Å². The van der Waals surface area contributed by atoms with Crippen LogP contribution in [0.4, 0.5) is 5.69 Å². The van der Waals surface area contributed by atoms with Gasteiger partial charge in [0.15, 0.2) is 5.43 Å². The second-order valence-electron chi connectivity index (χ2n) is 4.00. The molecule has 0 radical (unpaired) electrons. The minimum Gasteiger partial charge on any atom is -0.496 e. The third-order valence-electron chi connectivity index (χ3n) is 2.62. The second kappa shape index (κ2) is 5.34. The van der Waals surface area contributed by atoms with E-state index in [4.69, 9.17) is 4.74 Å². The Kier molecular flexibility index (Phi) is 3.61. The molecule has 6 heteroatoms. The quantitative estimate of drug-likeness (QED) is 0.620. The van der Waals surface area contributed by atoms with Gasteiger partial charge in [-0.3, -0.25) is 14.9 Å². The molecule has 1 aromatic heterocycles. The van der Waals surface area contributed by atoms with Gasteiger partial charge in [0, 0.05) is 37.1 Å². The van der Waals surface area contributed by atoms with Crippen LogP contribution in [0.5, 0.6) is 5.75 Å². The lowest BCUT2D eigenvalue weighted by Gasteiger charge is -2.07. The molecule has 6 nitrogen and oxygen atoms in total. The maximum absolute atomic E-state index is 11.0. The standard InChI is InChI=1S/C13H12N2O4/c1-19-13-7-10(6-11(8-13)15(17)18)9-14-4-2-12(16)3-5-14/h2-8H,9H2,1H3. The lowest BCUT2D eigenvalue weighted by Crippen LogP contribution is -2.05. The summed E-state index contributed by atoms with van der Waals surface area (Å²) in [5.41, 5.74) is 0.637. The van der Waals surface area contributed by atoms with E-state index in [1.807, 2.05) is 0 Å². The number of non-ortho nitro benzene ring substituents is 1. The third kappa shape index (κ3) is 3.19. The molecular formula is C13H12N2O4. The Morgan fingerprint density at radius 2 is 1.95 bits per heavy atom. The van der Waals surface area contributed by atoms with Crippen molar-refractivity contribution in [2.45, 2.75) is 6.54 Å². The number of hydrogen-bond acceptors (Lipinski definition) is 4. The van der Waals surface area contributed by atoms with E-state index in [1.54, 1.807) is 23.0 Å². The normalized spacial score (nSPS) is 10.2. The summed E-state index contributed by atoms with van der Waals surface area (Å²) in [6.45, 7) is 0.429. The minimum atomic E-state index is -0.461. The zero-order chi connectivity index (χ0) is 13.8. The molecule has 19 heavy (non-hydrogen) atoms. The van der Waals surface area contributed by atoms with Crippen molar-refractivity contribution < 1.29 is 9.66 Å². The highest BCUT2D eigenvalue weighted by Gasteiger charge is 2.10. The van der Waals surface area contributed by atoms with Gasteiger partial charge in [0.25, 0.3) is 5.69 Å². The van der Waals surface area contributed by atoms with Crippen molar-refractivity contribution >= 4 is 5.69 Å². The van der Waals surface area contributed by atoms with Crippen LogP contribution in [0.3, 0.4) is 0 Å². The first-order valence-electron chi connectivity index (χ1n) is 5.57. The maximum atomic E-state index is 11.0. The van der Waals surface area contributed by atoms with E-state index in [-0.39, 0.29) is 11.1 Å². The fourth-order valence-corrected chi connectivity index (χ4v) is 1.72. The third-order valence-corrected chi connectivity index (χ3v) is 2.62. The largest absolute Gasteiger partial charge is 0.496 e. The minimum absolute atomic E-state index is 0.0182. The number of aromatic nitrogens is 1. The van der Waals surface area contributed by atoms with Crippen molar-refractivity contribution in [2.75, 3.05) is 7.11 Å². The van der Waals surface area contributed by atoms with Gasteiger partial charge in [0.2, 0.25) is 0 Å². The van der Waals surface area contributed by atoms with E-state index in [2.05, 4.69) is 0 Å². The highest BCUT2D eigenvalue weighted by Crippen LogP contribution is 2.22. The maximum Gasteiger partial charge on any atom is 0.273 e. The Bertz CT molecular complexity index is 643. The molecule has 0 unspecified atom stereocenters. The van der Waals surface area contributed by atoms with Crippen LogP contribution in [0.1, 0.15) is 5.56 Å². The van der Waals surface area contributed by atoms with Crippen LogP contribution in [0.2, 0.25) is 0 Å². The molecule has 1 heterocycles. The molecule has 0 aliphatic carbocycles. The molecular weight excluding hydrogens is 248 g/mol. The Morgan fingerprint density at radius 3 is 2.53 bits per heavy atom. The Hall–Kier alpha value is -2.63. The number of rotatable bonds is 4. The molecule has 0 saturated carbocycles. The molecule has 1 aromatic carbocycles. The van der Waals surface area contributed by atoms with E-state index < -0.39 is 4.92 Å². The summed E-state index contributed by atoms with van der Waals surface area (Å²) < 4.78 is 6.80. The number of nitro benzene ring substituents is 1. The summed E-state index contributed by atoms with van der Waals surface area (Å²) in [5, 5.41) is 10.8. The van der Waals surface area contributed by atoms with E-state index >= 15 is 0 Å². The average Bonchev–Trinajstić information content (AvgIpc) is 2.41. The van der Waals surface area contributed by atoms with E-state index in [0.29, 0.717) is 12.3 Å². The predicted molar refractivity (Wildman–Crippen MR) is 69.5 cm³/mol. The Morgan fingerprint density at radius 1 is 1.26 bits per heavy atom. The molecule has 0 bridgehead atoms. The predicted octanol–water partition coefficient (Wildman–Crippen LogP) is 1.81. The molecule has 2 rings (SSSR count). The molecule has 0 atom stereocenters. The van der Waals surface area contributed by atoms with Crippen molar-refractivity contribution in [3.63, 3.8) is 0 Å². The summed E-state index contributed by atoms with van der Waals surface area (Å²) in [6, 6.07) is 7.46. The first-order chi connectivity index (χ1) is 9.08. The van der Waals surface area contributed by atoms with Gasteiger partial charge in [-0.2, -0.15) is 0 Å². The summed E-state index contributed by atoms with van der Waals surface area (Å²) in [6.07, 6.45) is 3.27. The Labute approximate surface area is 109 Å². The van der Waals surface area contributed by atoms with Gasteiger partial charge < -0.3 is 9.30 Å². The summed E-state index contributed by atoms with van der Waals surface area (Å²) in [7, 11) is 1.46. The highest BCUT2D eigenvalue weighted by molar-refractivity contribution is 5.42. The number of nitro groups is 1. The van der Waals surface area contributed by atoms with Gasteiger partial charge in [0.1, 0.15) is 5.75 Å². The lowest BCUT2D eigenvalue weighted by atomic mass is 10.2. The van der Waals surface area contributed by atoms with Crippen molar-refractivity contribution in [1.82, 2.24) is 4.57 Å². The fourth-order valence-electron chi connectivity index (χ4n) is 1.72. The second-order valence-corrected chi connectivity index (χ2v) is 4.00. The van der Waals surface area contributed by atoms with Crippen LogP contribution < -0.4 is 10.2 Å². The average molecular weight is 260 g/mol. The van der Waals surface area contributed by atoms with Gasteiger partial charge in [-0.1, -0.05) is 0 Å². The lowest BCUT2D eigenvalue weighted by molar-refractivity contribution is -0.385. The zero-order valence-electron chi connectivity index (χ0n) is 10.3. The van der Waals surface area contributed by atoms with Crippen molar-refractivity contribution in [1.29, 1.82) is 0 Å². The van der Waals surface area contributed by atoms with Crippen molar-refractivity contribution in [3.8, 4) is 5.75 Å². The van der Waals surface area contributed by atoms with Gasteiger partial charge in [-0.15, -0.1) is 0 Å². The molecule has 0 fully saturated rings. The number of methoxy groups -OCH3 is 1. The highest BCUT2D eigenvalue weighted by atomic mass is 16.6. The number of hydrogen-bond donors (Lipinski definition) is 0. The van der Waals surface area contributed by atoms with Crippen LogP contribution in [-0.4, -0.2) is 16.6 Å². The van der Waals surface area contributed by atoms with Crippen LogP contribution in [-0.2, 0) is 6.54 Å². The summed E-state index contributed by atoms with van der Waals surface area (Å²) in [4.78, 5) is 21.4. The monoisotopic (exact) mass is 260 g/mol. The van der Waals surface area contributed by atoms with Gasteiger partial charge >= 0.3 is 0 Å². The van der Waals surface area contributed by atoms with Gasteiger partial charge in [-0.25, -0.2) is 0 Å². The van der Waals surface area contributed by atoms with Crippen LogP contribution in [0, 0.1) is 10.1 Å². The first kappa shape index (κ1) is 12.8. The molecule has 2 aromatic rings. The molecule has 0 N–H and O–H groups in total. The molecule has 0 saturated heterocycles. The molecule has 0 aliphatic rings. The van der Waals surface area contributed by atoms with Crippen molar-refractivity contribution in [3.05, 3.63) is 68.6 Å². The summed E-state index contributed by atoms with van der Waals surface area (Å²) >= 11 is 0. The van der Waals surface area contributed by atoms with Crippen LogP contribution >= 0.6 is 0 Å². The van der Waals surface area contributed by atoms with Crippen LogP contribution in [0.15, 0.2) is 47.5 Å². The molecule has 0 aliphatic heterocycles. The smallest absolute Gasteiger partial charge is 0.273 e. The first-order valence-corrected chi connectivity index (χ1v) is 5.57. The molecule has 0 spiro atoms. The zero-order valence-corrected chi connectivity index (χ0v) is 10.3. The molecule has 98 valence electrons.